The molecule has 0 radical (unpaired) electrons. The van der Waals surface area contributed by atoms with Crippen LogP contribution in [0.1, 0.15) is 19.4 Å². The number of amides is 2. The summed E-state index contributed by atoms with van der Waals surface area (Å²) in [4.78, 5) is 27.2. The van der Waals surface area contributed by atoms with Crippen LogP contribution in [0.5, 0.6) is 0 Å². The SMILES string of the molecule is CCN(CC)c1ccc(/C=C2/C(=O)NN(c3ccc(Cl)c(Cl)c3)C2=O)cc1. The highest BCUT2D eigenvalue weighted by atomic mass is 35.5. The number of hydrogen-bond donors (Lipinski definition) is 1. The Labute approximate surface area is 168 Å². The molecule has 0 aromatic heterocycles. The minimum atomic E-state index is -0.459. The molecular formula is C20H19Cl2N3O2. The fourth-order valence-electron chi connectivity index (χ4n) is 2.90. The molecule has 0 unspecified atom stereocenters. The quantitative estimate of drug-likeness (QED) is 0.597. The van der Waals surface area contributed by atoms with E-state index in [1.54, 1.807) is 18.2 Å². The van der Waals surface area contributed by atoms with Crippen LogP contribution < -0.4 is 15.3 Å². The topological polar surface area (TPSA) is 52.7 Å². The van der Waals surface area contributed by atoms with Crippen LogP contribution in [0.15, 0.2) is 48.0 Å². The van der Waals surface area contributed by atoms with Crippen molar-refractivity contribution in [1.82, 2.24) is 5.43 Å². The van der Waals surface area contributed by atoms with Crippen molar-refractivity contribution in [1.29, 1.82) is 0 Å². The zero-order chi connectivity index (χ0) is 19.6. The lowest BCUT2D eigenvalue weighted by molar-refractivity contribution is -0.117. The van der Waals surface area contributed by atoms with E-state index in [9.17, 15) is 9.59 Å². The molecule has 1 aliphatic rings. The molecule has 1 saturated heterocycles. The zero-order valence-electron chi connectivity index (χ0n) is 15.0. The third-order valence-electron chi connectivity index (χ3n) is 4.39. The number of anilines is 2. The van der Waals surface area contributed by atoms with Crippen molar-refractivity contribution in [3.63, 3.8) is 0 Å². The molecule has 2 amide bonds. The van der Waals surface area contributed by atoms with Crippen molar-refractivity contribution in [3.05, 3.63) is 63.6 Å². The van der Waals surface area contributed by atoms with Crippen molar-refractivity contribution in [3.8, 4) is 0 Å². The van der Waals surface area contributed by atoms with Crippen LogP contribution in [0, 0.1) is 0 Å². The molecule has 0 bridgehead atoms. The highest BCUT2D eigenvalue weighted by Gasteiger charge is 2.34. The van der Waals surface area contributed by atoms with Crippen molar-refractivity contribution in [2.45, 2.75) is 13.8 Å². The van der Waals surface area contributed by atoms with E-state index < -0.39 is 11.8 Å². The Morgan fingerprint density at radius 3 is 2.26 bits per heavy atom. The Morgan fingerprint density at radius 2 is 1.67 bits per heavy atom. The van der Waals surface area contributed by atoms with E-state index >= 15 is 0 Å². The van der Waals surface area contributed by atoms with Crippen molar-refractivity contribution >= 4 is 52.5 Å². The minimum absolute atomic E-state index is 0.0664. The second-order valence-electron chi connectivity index (χ2n) is 6.00. The summed E-state index contributed by atoms with van der Waals surface area (Å²) in [5.74, 6) is -0.898. The number of hydrogen-bond acceptors (Lipinski definition) is 3. The first-order valence-electron chi connectivity index (χ1n) is 8.61. The third kappa shape index (κ3) is 3.94. The van der Waals surface area contributed by atoms with E-state index in [0.29, 0.717) is 15.7 Å². The Hall–Kier alpha value is -2.50. The number of halogens is 2. The number of benzene rings is 2. The summed E-state index contributed by atoms with van der Waals surface area (Å²) in [7, 11) is 0. The second kappa shape index (κ2) is 8.03. The third-order valence-corrected chi connectivity index (χ3v) is 5.12. The van der Waals surface area contributed by atoms with Crippen LogP contribution in [0.3, 0.4) is 0 Å². The fourth-order valence-corrected chi connectivity index (χ4v) is 3.19. The maximum atomic E-state index is 12.7. The average molecular weight is 404 g/mol. The predicted octanol–water partition coefficient (Wildman–Crippen LogP) is 4.30. The van der Waals surface area contributed by atoms with Crippen LogP contribution in [0.2, 0.25) is 10.0 Å². The van der Waals surface area contributed by atoms with Crippen LogP contribution in [0.25, 0.3) is 6.08 Å². The molecule has 0 saturated carbocycles. The first-order valence-corrected chi connectivity index (χ1v) is 9.37. The molecule has 1 N–H and O–H groups in total. The summed E-state index contributed by atoms with van der Waals surface area (Å²) in [6, 6.07) is 12.5. The van der Waals surface area contributed by atoms with E-state index in [0.717, 1.165) is 24.3 Å². The number of carbonyl (C=O) groups excluding carboxylic acids is 2. The lowest BCUT2D eigenvalue weighted by atomic mass is 10.1. The average Bonchev–Trinajstić information content (AvgIpc) is 2.94. The van der Waals surface area contributed by atoms with Gasteiger partial charge < -0.3 is 4.90 Å². The van der Waals surface area contributed by atoms with E-state index in [1.165, 1.54) is 11.1 Å². The normalized spacial score (nSPS) is 15.4. The van der Waals surface area contributed by atoms with Crippen LogP contribution in [0.4, 0.5) is 11.4 Å². The molecule has 2 aromatic carbocycles. The monoisotopic (exact) mass is 403 g/mol. The molecule has 0 atom stereocenters. The van der Waals surface area contributed by atoms with Gasteiger partial charge in [0.15, 0.2) is 0 Å². The molecule has 1 aliphatic heterocycles. The summed E-state index contributed by atoms with van der Waals surface area (Å²) in [5, 5.41) is 1.85. The minimum Gasteiger partial charge on any atom is -0.372 e. The molecule has 5 nitrogen and oxygen atoms in total. The number of carbonyl (C=O) groups is 2. The largest absolute Gasteiger partial charge is 0.372 e. The Balaban J connectivity index is 1.85. The number of rotatable bonds is 5. The van der Waals surface area contributed by atoms with Gasteiger partial charge in [-0.2, -0.15) is 0 Å². The van der Waals surface area contributed by atoms with Gasteiger partial charge in [-0.1, -0.05) is 35.3 Å². The highest BCUT2D eigenvalue weighted by Crippen LogP contribution is 2.29. The van der Waals surface area contributed by atoms with Crippen molar-refractivity contribution < 1.29 is 9.59 Å². The Morgan fingerprint density at radius 1 is 1.00 bits per heavy atom. The van der Waals surface area contributed by atoms with Gasteiger partial charge in [0.2, 0.25) is 0 Å². The van der Waals surface area contributed by atoms with Crippen molar-refractivity contribution in [2.75, 3.05) is 23.0 Å². The molecule has 0 aliphatic carbocycles. The van der Waals surface area contributed by atoms with E-state index in [4.69, 9.17) is 23.2 Å². The van der Waals surface area contributed by atoms with Gasteiger partial charge in [0.25, 0.3) is 11.8 Å². The first-order chi connectivity index (χ1) is 12.9. The highest BCUT2D eigenvalue weighted by molar-refractivity contribution is 6.42. The molecule has 27 heavy (non-hydrogen) atoms. The van der Waals surface area contributed by atoms with Gasteiger partial charge in [0.05, 0.1) is 15.7 Å². The molecule has 1 fully saturated rings. The molecule has 7 heteroatoms. The second-order valence-corrected chi connectivity index (χ2v) is 6.82. The maximum absolute atomic E-state index is 12.7. The summed E-state index contributed by atoms with van der Waals surface area (Å²) in [6.45, 7) is 6.02. The summed E-state index contributed by atoms with van der Waals surface area (Å²) in [5.41, 5.74) is 4.94. The van der Waals surface area contributed by atoms with Crippen LogP contribution in [-0.4, -0.2) is 24.9 Å². The van der Waals surface area contributed by atoms with Crippen LogP contribution >= 0.6 is 23.2 Å². The van der Waals surface area contributed by atoms with Gasteiger partial charge in [-0.15, -0.1) is 0 Å². The van der Waals surface area contributed by atoms with Gasteiger partial charge >= 0.3 is 0 Å². The first kappa shape index (κ1) is 19.3. The zero-order valence-corrected chi connectivity index (χ0v) is 16.5. The standard InChI is InChI=1S/C20H19Cl2N3O2/c1-3-24(4-2)14-7-5-13(6-8-14)11-16-19(26)23-25(20(16)27)15-9-10-17(21)18(22)12-15/h5-12H,3-4H2,1-2H3,(H,23,26)/b16-11-. The molecule has 1 heterocycles. The fraction of sp³-hybridized carbons (Fsp3) is 0.200. The van der Waals surface area contributed by atoms with E-state index in [-0.39, 0.29) is 5.57 Å². The molecular weight excluding hydrogens is 385 g/mol. The summed E-state index contributed by atoms with van der Waals surface area (Å²) < 4.78 is 0. The van der Waals surface area contributed by atoms with Gasteiger partial charge in [0, 0.05) is 18.8 Å². The molecule has 3 rings (SSSR count). The molecule has 0 spiro atoms. The number of hydrazine groups is 1. The number of nitrogens with one attached hydrogen (secondary N) is 1. The van der Waals surface area contributed by atoms with E-state index in [2.05, 4.69) is 24.2 Å². The lowest BCUT2D eigenvalue weighted by Gasteiger charge is -2.20. The Kier molecular flexibility index (Phi) is 5.73. The summed E-state index contributed by atoms with van der Waals surface area (Å²) >= 11 is 11.9. The van der Waals surface area contributed by atoms with Crippen LogP contribution in [-0.2, 0) is 9.59 Å². The van der Waals surface area contributed by atoms with Gasteiger partial charge in [-0.05, 0) is 55.8 Å². The van der Waals surface area contributed by atoms with Gasteiger partial charge in [-0.25, -0.2) is 5.01 Å². The molecule has 2 aromatic rings. The van der Waals surface area contributed by atoms with Gasteiger partial charge in [0.1, 0.15) is 5.57 Å². The maximum Gasteiger partial charge on any atom is 0.282 e. The Bertz CT molecular complexity index is 906. The lowest BCUT2D eigenvalue weighted by Crippen LogP contribution is -2.35. The van der Waals surface area contributed by atoms with Crippen molar-refractivity contribution in [2.24, 2.45) is 0 Å². The number of nitrogens with zero attached hydrogens (tertiary/aromatic N) is 2. The van der Waals surface area contributed by atoms with Gasteiger partial charge in [-0.3, -0.25) is 15.0 Å². The molecule has 140 valence electrons. The van der Waals surface area contributed by atoms with E-state index in [1.807, 2.05) is 24.3 Å². The summed E-state index contributed by atoms with van der Waals surface area (Å²) in [6.07, 6.45) is 1.58. The smallest absolute Gasteiger partial charge is 0.282 e. The predicted molar refractivity (Wildman–Crippen MR) is 110 cm³/mol.